The van der Waals surface area contributed by atoms with Crippen LogP contribution in [0.2, 0.25) is 0 Å². The Kier molecular flexibility index (Phi) is 3.05. The van der Waals surface area contributed by atoms with Crippen LogP contribution in [0.4, 0.5) is 0 Å². The molecule has 19 heavy (non-hydrogen) atoms. The summed E-state index contributed by atoms with van der Waals surface area (Å²) in [4.78, 5) is 25.6. The number of rotatable bonds is 0. The summed E-state index contributed by atoms with van der Waals surface area (Å²) in [5, 5.41) is 0.768. The first kappa shape index (κ1) is 13.1. The van der Waals surface area contributed by atoms with Crippen LogP contribution in [-0.4, -0.2) is 22.1 Å². The van der Waals surface area contributed by atoms with E-state index in [1.165, 1.54) is 0 Å². The van der Waals surface area contributed by atoms with Gasteiger partial charge in [0.25, 0.3) is 0 Å². The second kappa shape index (κ2) is 4.43. The number of fused-ring (bicyclic) bond motifs is 6. The van der Waals surface area contributed by atoms with Gasteiger partial charge in [0.05, 0.1) is 0 Å². The number of thioether (sulfide) groups is 1. The molecule has 5 heteroatoms. The molecule has 0 aromatic heterocycles. The zero-order valence-electron chi connectivity index (χ0n) is 9.86. The summed E-state index contributed by atoms with van der Waals surface area (Å²) in [5.74, 6) is 0.353. The lowest BCUT2D eigenvalue weighted by molar-refractivity contribution is 0.0715. The van der Waals surface area contributed by atoms with E-state index in [-0.39, 0.29) is 23.4 Å². The maximum absolute atomic E-state index is 12.8. The molecule has 98 valence electrons. The normalized spacial score (nSPS) is 35.5. The van der Waals surface area contributed by atoms with Gasteiger partial charge in [-0.1, -0.05) is 0 Å². The van der Waals surface area contributed by atoms with E-state index in [0.29, 0.717) is 21.6 Å². The van der Waals surface area contributed by atoms with Crippen molar-refractivity contribution in [3.63, 3.8) is 0 Å². The van der Waals surface area contributed by atoms with Crippen molar-refractivity contribution in [1.29, 1.82) is 0 Å². The van der Waals surface area contributed by atoms with Crippen LogP contribution in [0.1, 0.15) is 33.6 Å². The molecule has 2 nitrogen and oxygen atoms in total. The largest absolute Gasteiger partial charge is 0.294 e. The summed E-state index contributed by atoms with van der Waals surface area (Å²) < 4.78 is 1.97. The quantitative estimate of drug-likeness (QED) is 0.514. The summed E-state index contributed by atoms with van der Waals surface area (Å²) in [6, 6.07) is 3.89. The molecule has 0 spiro atoms. The van der Waals surface area contributed by atoms with Crippen LogP contribution in [0, 0.1) is 19.0 Å². The molecule has 0 radical (unpaired) electrons. The highest BCUT2D eigenvalue weighted by Gasteiger charge is 2.57. The van der Waals surface area contributed by atoms with Gasteiger partial charge in [-0.3, -0.25) is 9.59 Å². The fourth-order valence-corrected chi connectivity index (χ4v) is 7.74. The summed E-state index contributed by atoms with van der Waals surface area (Å²) in [7, 11) is 0. The molecule has 0 N–H and O–H groups in total. The Morgan fingerprint density at radius 3 is 2.32 bits per heavy atom. The molecule has 2 fully saturated rings. The number of hydrogen-bond donors (Lipinski definition) is 0. The number of ketones is 2. The van der Waals surface area contributed by atoms with Gasteiger partial charge in [0.2, 0.25) is 0 Å². The summed E-state index contributed by atoms with van der Waals surface area (Å²) in [6.45, 7) is 0. The maximum Gasteiger partial charge on any atom is 0.169 e. The molecule has 1 aliphatic carbocycles. The van der Waals surface area contributed by atoms with Gasteiger partial charge in [-0.25, -0.2) is 0 Å². The van der Waals surface area contributed by atoms with E-state index >= 15 is 0 Å². The van der Waals surface area contributed by atoms with Gasteiger partial charge >= 0.3 is 0 Å². The first-order chi connectivity index (χ1) is 9.08. The third kappa shape index (κ3) is 1.73. The standard InChI is InChI=1S/C14H10I2O2S/c15-5-3-6-10(7(16)4-5)14(18)12-9-2-1-8(19-9)11(12)13(6)17/h3-4,8-9,11-12H,1-2H2. The molecule has 3 aliphatic rings. The van der Waals surface area contributed by atoms with Crippen LogP contribution in [0.15, 0.2) is 12.1 Å². The van der Waals surface area contributed by atoms with Crippen LogP contribution in [-0.2, 0) is 0 Å². The van der Waals surface area contributed by atoms with Crippen LogP contribution in [0.5, 0.6) is 0 Å². The predicted molar refractivity (Wildman–Crippen MR) is 91.9 cm³/mol. The minimum absolute atomic E-state index is 0.0438. The number of benzene rings is 1. The highest BCUT2D eigenvalue weighted by atomic mass is 127. The highest BCUT2D eigenvalue weighted by molar-refractivity contribution is 14.1. The van der Waals surface area contributed by atoms with Crippen molar-refractivity contribution in [2.45, 2.75) is 23.3 Å². The first-order valence-corrected chi connectivity index (χ1v) is 9.41. The molecule has 1 aromatic carbocycles. The zero-order chi connectivity index (χ0) is 13.3. The van der Waals surface area contributed by atoms with E-state index in [1.807, 2.05) is 23.9 Å². The number of Topliss-reactive ketones (excluding diaryl/α,β-unsaturated/α-hetero) is 2. The van der Waals surface area contributed by atoms with Crippen LogP contribution in [0.25, 0.3) is 0 Å². The van der Waals surface area contributed by atoms with Crippen LogP contribution < -0.4 is 0 Å². The Balaban J connectivity index is 1.94. The Morgan fingerprint density at radius 1 is 1.00 bits per heavy atom. The topological polar surface area (TPSA) is 34.1 Å². The van der Waals surface area contributed by atoms with Crippen molar-refractivity contribution in [2.24, 2.45) is 11.8 Å². The molecule has 4 unspecified atom stereocenters. The average Bonchev–Trinajstić information content (AvgIpc) is 2.95. The third-order valence-electron chi connectivity index (χ3n) is 4.45. The predicted octanol–water partition coefficient (Wildman–Crippen LogP) is 3.79. The number of carbonyl (C=O) groups is 2. The van der Waals surface area contributed by atoms with Crippen molar-refractivity contribution in [1.82, 2.24) is 0 Å². The summed E-state index contributed by atoms with van der Waals surface area (Å²) >= 11 is 6.29. The zero-order valence-corrected chi connectivity index (χ0v) is 15.0. The van der Waals surface area contributed by atoms with E-state index in [2.05, 4.69) is 45.2 Å². The molecule has 4 rings (SSSR count). The Morgan fingerprint density at radius 2 is 1.63 bits per heavy atom. The second-order valence-electron chi connectivity index (χ2n) is 5.38. The smallest absolute Gasteiger partial charge is 0.169 e. The van der Waals surface area contributed by atoms with Gasteiger partial charge in [-0.2, -0.15) is 11.8 Å². The van der Waals surface area contributed by atoms with Crippen LogP contribution >= 0.6 is 56.9 Å². The minimum Gasteiger partial charge on any atom is -0.294 e. The van der Waals surface area contributed by atoms with Crippen molar-refractivity contribution >= 4 is 68.5 Å². The third-order valence-corrected chi connectivity index (χ3v) is 7.68. The molecule has 0 saturated carbocycles. The molecule has 2 heterocycles. The Bertz CT molecular complexity index is 628. The van der Waals surface area contributed by atoms with Gasteiger partial charge in [-0.05, 0) is 70.2 Å². The highest BCUT2D eigenvalue weighted by Crippen LogP contribution is 2.56. The van der Waals surface area contributed by atoms with Gasteiger partial charge in [0, 0.05) is 40.6 Å². The Hall–Kier alpha value is 0.370. The van der Waals surface area contributed by atoms with E-state index in [1.54, 1.807) is 0 Å². The maximum atomic E-state index is 12.8. The lowest BCUT2D eigenvalue weighted by atomic mass is 9.67. The number of carbonyl (C=O) groups excluding carboxylic acids is 2. The summed E-state index contributed by atoms with van der Waals surface area (Å²) in [5.41, 5.74) is 1.37. The monoisotopic (exact) mass is 496 g/mol. The molecular formula is C14H10I2O2S. The number of hydrogen-bond acceptors (Lipinski definition) is 3. The molecule has 2 bridgehead atoms. The van der Waals surface area contributed by atoms with E-state index in [9.17, 15) is 9.59 Å². The van der Waals surface area contributed by atoms with Crippen molar-refractivity contribution in [3.8, 4) is 0 Å². The average molecular weight is 496 g/mol. The van der Waals surface area contributed by atoms with Crippen molar-refractivity contribution in [3.05, 3.63) is 30.4 Å². The fraction of sp³-hybridized carbons (Fsp3) is 0.429. The van der Waals surface area contributed by atoms with Gasteiger partial charge in [0.1, 0.15) is 0 Å². The minimum atomic E-state index is -0.0441. The van der Waals surface area contributed by atoms with Gasteiger partial charge in [0.15, 0.2) is 11.6 Å². The molecular weight excluding hydrogens is 486 g/mol. The van der Waals surface area contributed by atoms with Crippen LogP contribution in [0.3, 0.4) is 0 Å². The van der Waals surface area contributed by atoms with E-state index < -0.39 is 0 Å². The second-order valence-corrected chi connectivity index (χ2v) is 9.27. The lowest BCUT2D eigenvalue weighted by Gasteiger charge is -2.33. The lowest BCUT2D eigenvalue weighted by Crippen LogP contribution is -2.43. The van der Waals surface area contributed by atoms with Gasteiger partial charge in [-0.15, -0.1) is 0 Å². The summed E-state index contributed by atoms with van der Waals surface area (Å²) in [6.07, 6.45) is 2.21. The molecule has 2 aliphatic heterocycles. The molecule has 0 amide bonds. The fourth-order valence-electron chi connectivity index (χ4n) is 3.71. The Labute approximate surface area is 142 Å². The molecule has 2 saturated heterocycles. The molecule has 4 atom stereocenters. The van der Waals surface area contributed by atoms with E-state index in [0.717, 1.165) is 20.0 Å². The number of halogens is 2. The van der Waals surface area contributed by atoms with Crippen molar-refractivity contribution in [2.75, 3.05) is 0 Å². The molecule has 1 aromatic rings. The SMILES string of the molecule is O=C1c2cc(I)cc(I)c2C(=O)C2C3CCC(S3)C12. The van der Waals surface area contributed by atoms with E-state index in [4.69, 9.17) is 0 Å². The van der Waals surface area contributed by atoms with Gasteiger partial charge < -0.3 is 0 Å². The first-order valence-electron chi connectivity index (χ1n) is 6.31. The van der Waals surface area contributed by atoms with Crippen molar-refractivity contribution < 1.29 is 9.59 Å².